The second-order valence-corrected chi connectivity index (χ2v) is 4.68. The molecule has 2 N–H and O–H groups in total. The number of benzene rings is 2. The van der Waals surface area contributed by atoms with E-state index in [0.717, 1.165) is 12.0 Å². The van der Waals surface area contributed by atoms with Gasteiger partial charge in [-0.15, -0.1) is 0 Å². The maximum Gasteiger partial charge on any atom is 0.253 e. The molecule has 0 bridgehead atoms. The molecule has 0 atom stereocenters. The van der Waals surface area contributed by atoms with Gasteiger partial charge in [0.1, 0.15) is 5.82 Å². The van der Waals surface area contributed by atoms with Gasteiger partial charge in [0.25, 0.3) is 5.91 Å². The predicted octanol–water partition coefficient (Wildman–Crippen LogP) is 3.23. The molecule has 2 aromatic carbocycles. The highest BCUT2D eigenvalue weighted by molar-refractivity contribution is 5.99. The molecule has 0 radical (unpaired) electrons. The zero-order chi connectivity index (χ0) is 15.1. The predicted molar refractivity (Wildman–Crippen MR) is 83.0 cm³/mol. The number of halogens is 1. The Labute approximate surface area is 124 Å². The number of carbonyl (C=O) groups excluding carboxylic acids is 1. The lowest BCUT2D eigenvalue weighted by Crippen LogP contribution is -2.26. The number of carbonyl (C=O) groups is 1. The SMILES string of the molecule is CCNc1c(F)cccc1C(=O)NCCc1ccccc1. The Morgan fingerprint density at radius 1 is 1.10 bits per heavy atom. The summed E-state index contributed by atoms with van der Waals surface area (Å²) in [7, 11) is 0. The Bertz CT molecular complexity index is 599. The Morgan fingerprint density at radius 3 is 2.57 bits per heavy atom. The smallest absolute Gasteiger partial charge is 0.253 e. The van der Waals surface area contributed by atoms with Gasteiger partial charge in [-0.25, -0.2) is 4.39 Å². The van der Waals surface area contributed by atoms with Gasteiger partial charge in [0, 0.05) is 13.1 Å². The van der Waals surface area contributed by atoms with Gasteiger partial charge in [0.15, 0.2) is 0 Å². The minimum absolute atomic E-state index is 0.261. The first-order valence-electron chi connectivity index (χ1n) is 7.07. The van der Waals surface area contributed by atoms with E-state index < -0.39 is 5.82 Å². The van der Waals surface area contributed by atoms with Gasteiger partial charge in [-0.1, -0.05) is 36.4 Å². The van der Waals surface area contributed by atoms with E-state index in [2.05, 4.69) is 10.6 Å². The third-order valence-electron chi connectivity index (χ3n) is 3.15. The van der Waals surface area contributed by atoms with E-state index in [4.69, 9.17) is 0 Å². The number of para-hydroxylation sites is 1. The van der Waals surface area contributed by atoms with Crippen molar-refractivity contribution in [1.82, 2.24) is 5.32 Å². The summed E-state index contributed by atoms with van der Waals surface area (Å²) in [6, 6.07) is 14.4. The molecule has 0 heterocycles. The second kappa shape index (κ2) is 7.43. The monoisotopic (exact) mass is 286 g/mol. The summed E-state index contributed by atoms with van der Waals surface area (Å²) in [5.74, 6) is -0.672. The molecule has 3 nitrogen and oxygen atoms in total. The standard InChI is InChI=1S/C17H19FN2O/c1-2-19-16-14(9-6-10-15(16)18)17(21)20-12-11-13-7-4-3-5-8-13/h3-10,19H,2,11-12H2,1H3,(H,20,21). The van der Waals surface area contributed by atoms with Crippen LogP contribution in [0.15, 0.2) is 48.5 Å². The minimum Gasteiger partial charge on any atom is -0.382 e. The van der Waals surface area contributed by atoms with Crippen LogP contribution in [0, 0.1) is 5.82 Å². The van der Waals surface area contributed by atoms with E-state index >= 15 is 0 Å². The van der Waals surface area contributed by atoms with E-state index in [-0.39, 0.29) is 11.6 Å². The van der Waals surface area contributed by atoms with E-state index in [0.29, 0.717) is 18.7 Å². The Balaban J connectivity index is 1.99. The van der Waals surface area contributed by atoms with E-state index in [9.17, 15) is 9.18 Å². The summed E-state index contributed by atoms with van der Waals surface area (Å²) in [4.78, 5) is 12.2. The van der Waals surface area contributed by atoms with Gasteiger partial charge in [0.2, 0.25) is 0 Å². The largest absolute Gasteiger partial charge is 0.382 e. The van der Waals surface area contributed by atoms with Crippen molar-refractivity contribution in [2.75, 3.05) is 18.4 Å². The first-order valence-corrected chi connectivity index (χ1v) is 7.07. The Morgan fingerprint density at radius 2 is 1.86 bits per heavy atom. The van der Waals surface area contributed by atoms with Crippen LogP contribution < -0.4 is 10.6 Å². The third-order valence-corrected chi connectivity index (χ3v) is 3.15. The fourth-order valence-electron chi connectivity index (χ4n) is 2.13. The molecule has 1 amide bonds. The summed E-state index contributed by atoms with van der Waals surface area (Å²) in [6.45, 7) is 2.94. The molecule has 0 fully saturated rings. The molecule has 110 valence electrons. The lowest BCUT2D eigenvalue weighted by atomic mass is 10.1. The molecule has 0 unspecified atom stereocenters. The van der Waals surface area contributed by atoms with Gasteiger partial charge in [-0.3, -0.25) is 4.79 Å². The van der Waals surface area contributed by atoms with Gasteiger partial charge in [0.05, 0.1) is 11.3 Å². The van der Waals surface area contributed by atoms with Crippen LogP contribution >= 0.6 is 0 Å². The van der Waals surface area contributed by atoms with Crippen LogP contribution in [0.5, 0.6) is 0 Å². The van der Waals surface area contributed by atoms with Crippen LogP contribution in [0.4, 0.5) is 10.1 Å². The van der Waals surface area contributed by atoms with Crippen molar-refractivity contribution >= 4 is 11.6 Å². The highest BCUT2D eigenvalue weighted by Gasteiger charge is 2.13. The van der Waals surface area contributed by atoms with E-state index in [1.807, 2.05) is 37.3 Å². The number of nitrogens with one attached hydrogen (secondary N) is 2. The summed E-state index contributed by atoms with van der Waals surface area (Å²) in [5.41, 5.74) is 1.76. The molecular weight excluding hydrogens is 267 g/mol. The highest BCUT2D eigenvalue weighted by Crippen LogP contribution is 2.19. The second-order valence-electron chi connectivity index (χ2n) is 4.68. The quantitative estimate of drug-likeness (QED) is 0.856. The van der Waals surface area contributed by atoms with Gasteiger partial charge < -0.3 is 10.6 Å². The van der Waals surface area contributed by atoms with Crippen molar-refractivity contribution in [2.24, 2.45) is 0 Å². The van der Waals surface area contributed by atoms with Crippen LogP contribution in [-0.2, 0) is 6.42 Å². The summed E-state index contributed by atoms with van der Waals surface area (Å²) < 4.78 is 13.7. The van der Waals surface area contributed by atoms with Crippen molar-refractivity contribution < 1.29 is 9.18 Å². The van der Waals surface area contributed by atoms with Crippen LogP contribution in [0.1, 0.15) is 22.8 Å². The van der Waals surface area contributed by atoms with Crippen molar-refractivity contribution in [3.63, 3.8) is 0 Å². The summed E-state index contributed by atoms with van der Waals surface area (Å²) in [6.07, 6.45) is 0.748. The molecule has 0 aromatic heterocycles. The average Bonchev–Trinajstić information content (AvgIpc) is 2.50. The Kier molecular flexibility index (Phi) is 5.32. The molecular formula is C17H19FN2O. The molecule has 0 aliphatic carbocycles. The minimum atomic E-state index is -0.410. The summed E-state index contributed by atoms with van der Waals surface area (Å²) >= 11 is 0. The molecule has 0 aliphatic heterocycles. The average molecular weight is 286 g/mol. The molecule has 4 heteroatoms. The Hall–Kier alpha value is -2.36. The lowest BCUT2D eigenvalue weighted by molar-refractivity contribution is 0.0954. The number of amides is 1. The maximum absolute atomic E-state index is 13.7. The molecule has 2 rings (SSSR count). The van der Waals surface area contributed by atoms with Crippen LogP contribution in [0.2, 0.25) is 0 Å². The molecule has 21 heavy (non-hydrogen) atoms. The first-order chi connectivity index (χ1) is 10.2. The first kappa shape index (κ1) is 15.0. The zero-order valence-electron chi connectivity index (χ0n) is 12.0. The molecule has 0 saturated heterocycles. The van der Waals surface area contributed by atoms with Crippen molar-refractivity contribution in [2.45, 2.75) is 13.3 Å². The molecule has 0 spiro atoms. The highest BCUT2D eigenvalue weighted by atomic mass is 19.1. The number of hydrogen-bond donors (Lipinski definition) is 2. The van der Waals surface area contributed by atoms with Crippen LogP contribution in [-0.4, -0.2) is 19.0 Å². The normalized spacial score (nSPS) is 10.2. The van der Waals surface area contributed by atoms with E-state index in [1.165, 1.54) is 6.07 Å². The zero-order valence-corrected chi connectivity index (χ0v) is 12.0. The van der Waals surface area contributed by atoms with Gasteiger partial charge in [-0.2, -0.15) is 0 Å². The van der Waals surface area contributed by atoms with Crippen molar-refractivity contribution in [3.05, 3.63) is 65.5 Å². The fourth-order valence-corrected chi connectivity index (χ4v) is 2.13. The topological polar surface area (TPSA) is 41.1 Å². The molecule has 0 aliphatic rings. The fraction of sp³-hybridized carbons (Fsp3) is 0.235. The number of anilines is 1. The van der Waals surface area contributed by atoms with Crippen LogP contribution in [0.25, 0.3) is 0 Å². The number of hydrogen-bond acceptors (Lipinski definition) is 2. The molecule has 2 aromatic rings. The lowest BCUT2D eigenvalue weighted by Gasteiger charge is -2.12. The van der Waals surface area contributed by atoms with Gasteiger partial charge >= 0.3 is 0 Å². The van der Waals surface area contributed by atoms with E-state index in [1.54, 1.807) is 12.1 Å². The van der Waals surface area contributed by atoms with Crippen molar-refractivity contribution in [3.8, 4) is 0 Å². The third kappa shape index (κ3) is 4.05. The number of rotatable bonds is 6. The van der Waals surface area contributed by atoms with Gasteiger partial charge in [-0.05, 0) is 31.0 Å². The maximum atomic E-state index is 13.7. The van der Waals surface area contributed by atoms with Crippen molar-refractivity contribution in [1.29, 1.82) is 0 Å². The van der Waals surface area contributed by atoms with Crippen LogP contribution in [0.3, 0.4) is 0 Å². The summed E-state index contributed by atoms with van der Waals surface area (Å²) in [5, 5.41) is 5.73. The molecule has 0 saturated carbocycles.